The van der Waals surface area contributed by atoms with Gasteiger partial charge in [-0.15, -0.1) is 11.3 Å². The summed E-state index contributed by atoms with van der Waals surface area (Å²) in [6, 6.07) is 4.71. The number of hydrogen-bond acceptors (Lipinski definition) is 4. The fraction of sp³-hybridized carbons (Fsp3) is 0.438. The molecule has 0 unspecified atom stereocenters. The number of nitrogens with one attached hydrogen (secondary N) is 1. The maximum absolute atomic E-state index is 5.13. The number of benzene rings is 1. The molecule has 20 heavy (non-hydrogen) atoms. The molecule has 4 heteroatoms. The molecule has 1 heterocycles. The van der Waals surface area contributed by atoms with Gasteiger partial charge in [0.05, 0.1) is 12.3 Å². The first kappa shape index (κ1) is 15.0. The Morgan fingerprint density at radius 2 is 1.90 bits per heavy atom. The number of aromatic nitrogens is 1. The summed E-state index contributed by atoms with van der Waals surface area (Å²) in [7, 11) is 1.71. The molecule has 0 aliphatic heterocycles. The third kappa shape index (κ3) is 3.38. The Balaban J connectivity index is 2.22. The highest BCUT2D eigenvalue weighted by Gasteiger charge is 2.10. The number of ether oxygens (including phenoxy) is 1. The topological polar surface area (TPSA) is 34.1 Å². The fourth-order valence-electron chi connectivity index (χ4n) is 2.20. The molecule has 0 amide bonds. The van der Waals surface area contributed by atoms with Crippen molar-refractivity contribution in [1.29, 1.82) is 0 Å². The number of methoxy groups -OCH3 is 1. The standard InChI is InChI=1S/C16H22N2OS/c1-10-6-12(3)14(7-11(10)2)15-9-20-16(18-15)17-13(4)8-19-5/h6-7,9,13H,8H2,1-5H3,(H,17,18)/t13-/m0/s1. The molecule has 2 aromatic rings. The minimum atomic E-state index is 0.264. The summed E-state index contributed by atoms with van der Waals surface area (Å²) in [4.78, 5) is 4.69. The van der Waals surface area contributed by atoms with Crippen molar-refractivity contribution in [3.05, 3.63) is 34.2 Å². The lowest BCUT2D eigenvalue weighted by molar-refractivity contribution is 0.190. The van der Waals surface area contributed by atoms with E-state index in [-0.39, 0.29) is 6.04 Å². The van der Waals surface area contributed by atoms with Crippen molar-refractivity contribution < 1.29 is 4.74 Å². The van der Waals surface area contributed by atoms with Crippen molar-refractivity contribution >= 4 is 16.5 Å². The van der Waals surface area contributed by atoms with Gasteiger partial charge < -0.3 is 10.1 Å². The van der Waals surface area contributed by atoms with Gasteiger partial charge >= 0.3 is 0 Å². The Morgan fingerprint density at radius 1 is 1.20 bits per heavy atom. The lowest BCUT2D eigenvalue weighted by atomic mass is 9.99. The van der Waals surface area contributed by atoms with Crippen LogP contribution in [0.15, 0.2) is 17.5 Å². The normalized spacial score (nSPS) is 12.4. The number of anilines is 1. The molecule has 1 N–H and O–H groups in total. The number of nitrogens with zero attached hydrogens (tertiary/aromatic N) is 1. The van der Waals surface area contributed by atoms with Crippen molar-refractivity contribution in [1.82, 2.24) is 4.98 Å². The van der Waals surface area contributed by atoms with Gasteiger partial charge in [0.2, 0.25) is 0 Å². The summed E-state index contributed by atoms with van der Waals surface area (Å²) in [5.74, 6) is 0. The van der Waals surface area contributed by atoms with Crippen LogP contribution in [0.3, 0.4) is 0 Å². The maximum atomic E-state index is 5.13. The molecular weight excluding hydrogens is 268 g/mol. The van der Waals surface area contributed by atoms with Crippen molar-refractivity contribution in [2.24, 2.45) is 0 Å². The highest BCUT2D eigenvalue weighted by molar-refractivity contribution is 7.14. The first-order valence-electron chi connectivity index (χ1n) is 6.80. The summed E-state index contributed by atoms with van der Waals surface area (Å²) < 4.78 is 5.13. The second kappa shape index (κ2) is 6.37. The summed E-state index contributed by atoms with van der Waals surface area (Å²) in [5, 5.41) is 6.42. The van der Waals surface area contributed by atoms with Crippen molar-refractivity contribution in [3.8, 4) is 11.3 Å². The largest absolute Gasteiger partial charge is 0.383 e. The van der Waals surface area contributed by atoms with Crippen LogP contribution in [-0.4, -0.2) is 24.7 Å². The molecule has 0 saturated carbocycles. The molecule has 1 aromatic carbocycles. The molecule has 0 bridgehead atoms. The van der Waals surface area contributed by atoms with E-state index in [1.807, 2.05) is 0 Å². The molecule has 0 aliphatic carbocycles. The second-order valence-electron chi connectivity index (χ2n) is 5.29. The Hall–Kier alpha value is -1.39. The zero-order chi connectivity index (χ0) is 14.7. The van der Waals surface area contributed by atoms with E-state index in [2.05, 4.69) is 55.5 Å². The predicted molar refractivity (Wildman–Crippen MR) is 86.7 cm³/mol. The van der Waals surface area contributed by atoms with Gasteiger partial charge in [-0.1, -0.05) is 6.07 Å². The second-order valence-corrected chi connectivity index (χ2v) is 6.15. The number of hydrogen-bond donors (Lipinski definition) is 1. The first-order valence-corrected chi connectivity index (χ1v) is 7.68. The molecule has 0 radical (unpaired) electrons. The number of rotatable bonds is 5. The Morgan fingerprint density at radius 3 is 2.60 bits per heavy atom. The van der Waals surface area contributed by atoms with Crippen LogP contribution in [0.25, 0.3) is 11.3 Å². The predicted octanol–water partition coefficient (Wildman–Crippen LogP) is 4.18. The average molecular weight is 290 g/mol. The molecule has 1 atom stereocenters. The van der Waals surface area contributed by atoms with E-state index in [1.54, 1.807) is 18.4 Å². The Kier molecular flexibility index (Phi) is 4.78. The van der Waals surface area contributed by atoms with Crippen molar-refractivity contribution in [2.45, 2.75) is 33.7 Å². The zero-order valence-electron chi connectivity index (χ0n) is 12.8. The summed E-state index contributed by atoms with van der Waals surface area (Å²) >= 11 is 1.64. The van der Waals surface area contributed by atoms with Gasteiger partial charge in [-0.05, 0) is 50.5 Å². The number of thiazole rings is 1. The van der Waals surface area contributed by atoms with Gasteiger partial charge in [-0.2, -0.15) is 0 Å². The van der Waals surface area contributed by atoms with Gasteiger partial charge in [0.15, 0.2) is 5.13 Å². The fourth-order valence-corrected chi connectivity index (χ4v) is 3.03. The molecule has 0 fully saturated rings. The lowest BCUT2D eigenvalue weighted by Crippen LogP contribution is -2.20. The summed E-state index contributed by atoms with van der Waals surface area (Å²) in [6.07, 6.45) is 0. The van der Waals surface area contributed by atoms with E-state index in [1.165, 1.54) is 22.3 Å². The molecule has 0 saturated heterocycles. The van der Waals surface area contributed by atoms with Crippen LogP contribution < -0.4 is 5.32 Å². The third-order valence-corrected chi connectivity index (χ3v) is 4.18. The summed E-state index contributed by atoms with van der Waals surface area (Å²) in [5.41, 5.74) is 6.17. The zero-order valence-corrected chi connectivity index (χ0v) is 13.6. The maximum Gasteiger partial charge on any atom is 0.183 e. The van der Waals surface area contributed by atoms with Crippen LogP contribution in [0, 0.1) is 20.8 Å². The first-order chi connectivity index (χ1) is 9.51. The Labute approximate surface area is 125 Å². The van der Waals surface area contributed by atoms with Crippen LogP contribution in [-0.2, 0) is 4.74 Å². The van der Waals surface area contributed by atoms with Crippen LogP contribution in [0.5, 0.6) is 0 Å². The molecule has 0 spiro atoms. The van der Waals surface area contributed by atoms with Gasteiger partial charge in [0.1, 0.15) is 0 Å². The van der Waals surface area contributed by atoms with Gasteiger partial charge in [0, 0.05) is 24.1 Å². The molecule has 2 rings (SSSR count). The van der Waals surface area contributed by atoms with E-state index in [0.717, 1.165) is 10.8 Å². The van der Waals surface area contributed by atoms with Gasteiger partial charge in [0.25, 0.3) is 0 Å². The average Bonchev–Trinajstić information content (AvgIpc) is 2.82. The molecule has 1 aromatic heterocycles. The van der Waals surface area contributed by atoms with E-state index < -0.39 is 0 Å². The minimum Gasteiger partial charge on any atom is -0.383 e. The number of aryl methyl sites for hydroxylation is 3. The van der Waals surface area contributed by atoms with Crippen molar-refractivity contribution in [3.63, 3.8) is 0 Å². The smallest absolute Gasteiger partial charge is 0.183 e. The highest BCUT2D eigenvalue weighted by atomic mass is 32.1. The van der Waals surface area contributed by atoms with Crippen LogP contribution >= 0.6 is 11.3 Å². The van der Waals surface area contributed by atoms with E-state index in [0.29, 0.717) is 6.61 Å². The monoisotopic (exact) mass is 290 g/mol. The van der Waals surface area contributed by atoms with E-state index >= 15 is 0 Å². The molecular formula is C16H22N2OS. The SMILES string of the molecule is COC[C@H](C)Nc1nc(-c2cc(C)c(C)cc2C)cs1. The lowest BCUT2D eigenvalue weighted by Gasteiger charge is -2.11. The van der Waals surface area contributed by atoms with Crippen LogP contribution in [0.4, 0.5) is 5.13 Å². The van der Waals surface area contributed by atoms with E-state index in [9.17, 15) is 0 Å². The van der Waals surface area contributed by atoms with Gasteiger partial charge in [-0.3, -0.25) is 0 Å². The van der Waals surface area contributed by atoms with Crippen molar-refractivity contribution in [2.75, 3.05) is 19.0 Å². The molecule has 3 nitrogen and oxygen atoms in total. The van der Waals surface area contributed by atoms with Crippen LogP contribution in [0.2, 0.25) is 0 Å². The van der Waals surface area contributed by atoms with Gasteiger partial charge in [-0.25, -0.2) is 4.98 Å². The quantitative estimate of drug-likeness (QED) is 0.897. The minimum absolute atomic E-state index is 0.264. The van der Waals surface area contributed by atoms with E-state index in [4.69, 9.17) is 4.74 Å². The third-order valence-electron chi connectivity index (χ3n) is 3.41. The highest BCUT2D eigenvalue weighted by Crippen LogP contribution is 2.29. The molecule has 108 valence electrons. The molecule has 0 aliphatic rings. The Bertz CT molecular complexity index is 592. The summed E-state index contributed by atoms with van der Waals surface area (Å²) in [6.45, 7) is 9.20. The van der Waals surface area contributed by atoms with Crippen LogP contribution in [0.1, 0.15) is 23.6 Å².